The molecule has 3 rings (SSSR count). The van der Waals surface area contributed by atoms with Gasteiger partial charge in [-0.1, -0.05) is 30.7 Å². The van der Waals surface area contributed by atoms with Gasteiger partial charge in [0.05, 0.1) is 6.10 Å². The number of piperidine rings is 1. The molecule has 3 nitrogen and oxygen atoms in total. The standard InChI is InChI=1S/C20H23F2NO2/c21-17-8-4-15(5-9-17)19(24)14-20(25,23-12-2-1-3-13-23)16-6-10-18(22)11-7-16/h4-11,19,24-25H,1-3,12-14H2. The predicted octanol–water partition coefficient (Wildman–Crippen LogP) is 3.72. The van der Waals surface area contributed by atoms with E-state index in [1.807, 2.05) is 4.90 Å². The molecule has 134 valence electrons. The number of halogens is 2. The second-order valence-electron chi connectivity index (χ2n) is 6.64. The fraction of sp³-hybridized carbons (Fsp3) is 0.400. The van der Waals surface area contributed by atoms with Gasteiger partial charge in [-0.2, -0.15) is 0 Å². The van der Waals surface area contributed by atoms with Crippen LogP contribution in [0.15, 0.2) is 48.5 Å². The molecule has 2 unspecified atom stereocenters. The molecule has 0 saturated carbocycles. The molecule has 5 heteroatoms. The minimum Gasteiger partial charge on any atom is -0.388 e. The highest BCUT2D eigenvalue weighted by atomic mass is 19.1. The van der Waals surface area contributed by atoms with Gasteiger partial charge in [0.1, 0.15) is 17.4 Å². The van der Waals surface area contributed by atoms with Gasteiger partial charge >= 0.3 is 0 Å². The molecular weight excluding hydrogens is 324 g/mol. The Morgan fingerprint density at radius 2 is 1.40 bits per heavy atom. The van der Waals surface area contributed by atoms with Crippen molar-refractivity contribution in [1.82, 2.24) is 4.90 Å². The predicted molar refractivity (Wildman–Crippen MR) is 91.7 cm³/mol. The van der Waals surface area contributed by atoms with E-state index in [9.17, 15) is 19.0 Å². The molecule has 0 aliphatic carbocycles. The summed E-state index contributed by atoms with van der Waals surface area (Å²) in [6.07, 6.45) is 2.12. The molecule has 1 aliphatic heterocycles. The van der Waals surface area contributed by atoms with Gasteiger partial charge < -0.3 is 10.2 Å². The smallest absolute Gasteiger partial charge is 0.147 e. The lowest BCUT2D eigenvalue weighted by Crippen LogP contribution is -2.49. The summed E-state index contributed by atoms with van der Waals surface area (Å²) in [5, 5.41) is 22.1. The Labute approximate surface area is 146 Å². The first-order valence-corrected chi connectivity index (χ1v) is 8.66. The summed E-state index contributed by atoms with van der Waals surface area (Å²) in [7, 11) is 0. The van der Waals surface area contributed by atoms with Crippen molar-refractivity contribution in [3.8, 4) is 0 Å². The Balaban J connectivity index is 1.89. The molecule has 1 fully saturated rings. The average Bonchev–Trinajstić information content (AvgIpc) is 2.63. The summed E-state index contributed by atoms with van der Waals surface area (Å²) in [4.78, 5) is 1.94. The second-order valence-corrected chi connectivity index (χ2v) is 6.64. The van der Waals surface area contributed by atoms with Crippen LogP contribution in [-0.2, 0) is 5.72 Å². The number of benzene rings is 2. The van der Waals surface area contributed by atoms with E-state index >= 15 is 0 Å². The number of rotatable bonds is 5. The SMILES string of the molecule is OC(CC(O)(c1ccc(F)cc1)N1CCCCC1)c1ccc(F)cc1. The highest BCUT2D eigenvalue weighted by Gasteiger charge is 2.39. The van der Waals surface area contributed by atoms with Crippen molar-refractivity contribution in [1.29, 1.82) is 0 Å². The number of hydrogen-bond acceptors (Lipinski definition) is 3. The molecule has 2 aromatic rings. The Morgan fingerprint density at radius 3 is 1.96 bits per heavy atom. The Bertz CT molecular complexity index is 684. The normalized spacial score (nSPS) is 19.4. The lowest BCUT2D eigenvalue weighted by atomic mass is 9.90. The fourth-order valence-electron chi connectivity index (χ4n) is 3.48. The molecule has 0 spiro atoms. The quantitative estimate of drug-likeness (QED) is 0.866. The van der Waals surface area contributed by atoms with Crippen LogP contribution in [0.3, 0.4) is 0 Å². The Kier molecular flexibility index (Phi) is 5.47. The molecule has 0 bridgehead atoms. The second kappa shape index (κ2) is 7.60. The van der Waals surface area contributed by atoms with Crippen molar-refractivity contribution in [2.75, 3.05) is 13.1 Å². The van der Waals surface area contributed by atoms with Gasteiger partial charge in [-0.25, -0.2) is 8.78 Å². The number of hydrogen-bond donors (Lipinski definition) is 2. The molecule has 0 amide bonds. The maximum absolute atomic E-state index is 13.3. The van der Waals surface area contributed by atoms with E-state index in [0.717, 1.165) is 19.3 Å². The summed E-state index contributed by atoms with van der Waals surface area (Å²) >= 11 is 0. The van der Waals surface area contributed by atoms with Crippen molar-refractivity contribution >= 4 is 0 Å². The monoisotopic (exact) mass is 347 g/mol. The van der Waals surface area contributed by atoms with Gasteiger partial charge in [0.15, 0.2) is 0 Å². The molecule has 1 heterocycles. The van der Waals surface area contributed by atoms with E-state index in [0.29, 0.717) is 24.2 Å². The summed E-state index contributed by atoms with van der Waals surface area (Å²) in [5.41, 5.74) is -0.307. The molecule has 2 aromatic carbocycles. The van der Waals surface area contributed by atoms with Crippen molar-refractivity contribution < 1.29 is 19.0 Å². The van der Waals surface area contributed by atoms with Crippen LogP contribution in [0.5, 0.6) is 0 Å². The molecule has 1 saturated heterocycles. The van der Waals surface area contributed by atoms with E-state index in [1.165, 1.54) is 36.4 Å². The van der Waals surface area contributed by atoms with Gasteiger partial charge in [0, 0.05) is 19.5 Å². The molecule has 25 heavy (non-hydrogen) atoms. The van der Waals surface area contributed by atoms with Crippen LogP contribution in [0.25, 0.3) is 0 Å². The summed E-state index contributed by atoms with van der Waals surface area (Å²) in [6, 6.07) is 11.3. The van der Waals surface area contributed by atoms with Crippen molar-refractivity contribution in [3.05, 3.63) is 71.3 Å². The maximum Gasteiger partial charge on any atom is 0.147 e. The lowest BCUT2D eigenvalue weighted by molar-refractivity contribution is -0.148. The van der Waals surface area contributed by atoms with Crippen LogP contribution in [0.4, 0.5) is 8.78 Å². The molecule has 1 aliphatic rings. The third-order valence-corrected chi connectivity index (χ3v) is 4.92. The minimum absolute atomic E-state index is 0.0320. The topological polar surface area (TPSA) is 43.7 Å². The number of nitrogens with zero attached hydrogens (tertiary/aromatic N) is 1. The fourth-order valence-corrected chi connectivity index (χ4v) is 3.48. The van der Waals surface area contributed by atoms with Crippen LogP contribution in [-0.4, -0.2) is 28.2 Å². The zero-order valence-corrected chi connectivity index (χ0v) is 14.0. The summed E-state index contributed by atoms with van der Waals surface area (Å²) < 4.78 is 26.4. The molecular formula is C20H23F2NO2. The van der Waals surface area contributed by atoms with Crippen LogP contribution >= 0.6 is 0 Å². The van der Waals surface area contributed by atoms with Gasteiger partial charge in [-0.3, -0.25) is 4.90 Å². The van der Waals surface area contributed by atoms with Crippen LogP contribution in [0, 0.1) is 11.6 Å². The zero-order chi connectivity index (χ0) is 17.9. The van der Waals surface area contributed by atoms with Crippen molar-refractivity contribution in [3.63, 3.8) is 0 Å². The highest BCUT2D eigenvalue weighted by Crippen LogP contribution is 2.37. The van der Waals surface area contributed by atoms with Gasteiger partial charge in [0.2, 0.25) is 0 Å². The lowest BCUT2D eigenvalue weighted by Gasteiger charge is -2.43. The average molecular weight is 347 g/mol. The van der Waals surface area contributed by atoms with Crippen molar-refractivity contribution in [2.45, 2.75) is 37.5 Å². The van der Waals surface area contributed by atoms with E-state index < -0.39 is 11.8 Å². The molecule has 0 radical (unpaired) electrons. The minimum atomic E-state index is -1.40. The molecule has 2 N–H and O–H groups in total. The van der Waals surface area contributed by atoms with Crippen LogP contribution in [0.1, 0.15) is 42.9 Å². The van der Waals surface area contributed by atoms with Crippen molar-refractivity contribution in [2.24, 2.45) is 0 Å². The summed E-state index contributed by atoms with van der Waals surface area (Å²) in [6.45, 7) is 1.42. The first-order valence-electron chi connectivity index (χ1n) is 8.66. The van der Waals surface area contributed by atoms with Crippen LogP contribution < -0.4 is 0 Å². The highest BCUT2D eigenvalue weighted by molar-refractivity contribution is 5.25. The number of likely N-dealkylation sites (tertiary alicyclic amines) is 1. The summed E-state index contributed by atoms with van der Waals surface area (Å²) in [5.74, 6) is -0.746. The van der Waals surface area contributed by atoms with E-state index in [4.69, 9.17) is 0 Å². The molecule has 2 atom stereocenters. The van der Waals surface area contributed by atoms with Crippen LogP contribution in [0.2, 0.25) is 0 Å². The molecule has 0 aromatic heterocycles. The maximum atomic E-state index is 13.3. The van der Waals surface area contributed by atoms with Gasteiger partial charge in [-0.15, -0.1) is 0 Å². The zero-order valence-electron chi connectivity index (χ0n) is 14.0. The first kappa shape index (κ1) is 18.0. The van der Waals surface area contributed by atoms with Gasteiger partial charge in [0.25, 0.3) is 0 Å². The Morgan fingerprint density at radius 1 is 0.880 bits per heavy atom. The number of aliphatic hydroxyl groups is 2. The van der Waals surface area contributed by atoms with E-state index in [2.05, 4.69) is 0 Å². The van der Waals surface area contributed by atoms with E-state index in [-0.39, 0.29) is 18.1 Å². The number of aliphatic hydroxyl groups excluding tert-OH is 1. The third-order valence-electron chi connectivity index (χ3n) is 4.92. The Hall–Kier alpha value is -1.82. The first-order chi connectivity index (χ1) is 12.0. The third kappa shape index (κ3) is 4.06. The largest absolute Gasteiger partial charge is 0.388 e. The van der Waals surface area contributed by atoms with E-state index in [1.54, 1.807) is 12.1 Å². The van der Waals surface area contributed by atoms with Gasteiger partial charge in [-0.05, 0) is 48.2 Å².